The number of nitrogens with zero attached hydrogens (tertiary/aromatic N) is 2. The van der Waals surface area contributed by atoms with Crippen LogP contribution >= 0.6 is 0 Å². The van der Waals surface area contributed by atoms with Crippen LogP contribution in [0.5, 0.6) is 0 Å². The Hall–Kier alpha value is -2.08. The van der Waals surface area contributed by atoms with Gasteiger partial charge in [0.1, 0.15) is 0 Å². The van der Waals surface area contributed by atoms with E-state index in [4.69, 9.17) is 5.11 Å². The van der Waals surface area contributed by atoms with Gasteiger partial charge in [-0.3, -0.25) is 0 Å². The monoisotopic (exact) mass is 291 g/mol. The Morgan fingerprint density at radius 1 is 1.24 bits per heavy atom. The van der Waals surface area contributed by atoms with E-state index in [9.17, 15) is 9.59 Å². The Morgan fingerprint density at radius 3 is 2.48 bits per heavy atom. The van der Waals surface area contributed by atoms with Crippen LogP contribution in [0.3, 0.4) is 0 Å². The van der Waals surface area contributed by atoms with Crippen LogP contribution in [0.4, 0.5) is 10.5 Å². The summed E-state index contributed by atoms with van der Waals surface area (Å²) in [6.07, 6.45) is 0. The van der Waals surface area contributed by atoms with Gasteiger partial charge in [0.15, 0.2) is 0 Å². The molecule has 1 heterocycles. The summed E-state index contributed by atoms with van der Waals surface area (Å²) in [5.41, 5.74) is 1.40. The number of carbonyl (C=O) groups excluding carboxylic acids is 1. The third-order valence-corrected chi connectivity index (χ3v) is 3.83. The lowest BCUT2D eigenvalue weighted by Crippen LogP contribution is -2.49. The molecule has 0 unspecified atom stereocenters. The highest BCUT2D eigenvalue weighted by atomic mass is 16.4. The molecule has 2 amide bonds. The maximum Gasteiger partial charge on any atom is 0.336 e. The number of hydrogen-bond acceptors (Lipinski definition) is 3. The summed E-state index contributed by atoms with van der Waals surface area (Å²) in [6, 6.07) is 4.75. The van der Waals surface area contributed by atoms with E-state index in [0.717, 1.165) is 19.6 Å². The summed E-state index contributed by atoms with van der Waals surface area (Å²) in [6.45, 7) is 7.97. The Morgan fingerprint density at radius 2 is 1.90 bits per heavy atom. The molecule has 0 aliphatic carbocycles. The van der Waals surface area contributed by atoms with Gasteiger partial charge < -0.3 is 20.2 Å². The van der Waals surface area contributed by atoms with Crippen molar-refractivity contribution in [1.82, 2.24) is 9.80 Å². The van der Waals surface area contributed by atoms with Crippen LogP contribution < -0.4 is 5.32 Å². The van der Waals surface area contributed by atoms with Gasteiger partial charge in [-0.05, 0) is 31.2 Å². The van der Waals surface area contributed by atoms with E-state index >= 15 is 0 Å². The molecule has 1 aliphatic rings. The predicted octanol–water partition coefficient (Wildman–Crippen LogP) is 1.86. The highest BCUT2D eigenvalue weighted by Crippen LogP contribution is 2.16. The van der Waals surface area contributed by atoms with Crippen molar-refractivity contribution in [2.45, 2.75) is 13.8 Å². The molecule has 1 aromatic carbocycles. The Kier molecular flexibility index (Phi) is 4.80. The first-order valence-electron chi connectivity index (χ1n) is 7.13. The minimum atomic E-state index is -0.986. The van der Waals surface area contributed by atoms with Gasteiger partial charge in [-0.25, -0.2) is 9.59 Å². The maximum absolute atomic E-state index is 12.2. The molecule has 0 atom stereocenters. The molecule has 0 spiro atoms. The summed E-state index contributed by atoms with van der Waals surface area (Å²) in [5, 5.41) is 11.9. The number of rotatable bonds is 3. The molecule has 0 radical (unpaired) electrons. The molecule has 2 rings (SSSR count). The largest absolute Gasteiger partial charge is 0.478 e. The second-order valence-corrected chi connectivity index (χ2v) is 5.19. The van der Waals surface area contributed by atoms with Gasteiger partial charge >= 0.3 is 12.0 Å². The predicted molar refractivity (Wildman–Crippen MR) is 80.8 cm³/mol. The van der Waals surface area contributed by atoms with E-state index in [0.29, 0.717) is 24.3 Å². The normalized spacial score (nSPS) is 15.8. The first-order chi connectivity index (χ1) is 10.0. The van der Waals surface area contributed by atoms with Gasteiger partial charge in [0.2, 0.25) is 0 Å². The number of carboxylic acids is 1. The zero-order chi connectivity index (χ0) is 15.4. The molecule has 6 nitrogen and oxygen atoms in total. The van der Waals surface area contributed by atoms with Crippen molar-refractivity contribution < 1.29 is 14.7 Å². The number of nitrogens with one attached hydrogen (secondary N) is 1. The van der Waals surface area contributed by atoms with Crippen molar-refractivity contribution in [2.75, 3.05) is 38.0 Å². The fraction of sp³-hybridized carbons (Fsp3) is 0.467. The lowest BCUT2D eigenvalue weighted by molar-refractivity contribution is 0.0696. The van der Waals surface area contributed by atoms with Gasteiger partial charge in [-0.1, -0.05) is 13.0 Å². The lowest BCUT2D eigenvalue weighted by Gasteiger charge is -2.34. The Bertz CT molecular complexity index is 537. The summed E-state index contributed by atoms with van der Waals surface area (Å²) in [5.74, 6) is -0.986. The van der Waals surface area contributed by atoms with Crippen molar-refractivity contribution in [3.63, 3.8) is 0 Å². The highest BCUT2D eigenvalue weighted by molar-refractivity contribution is 5.94. The second kappa shape index (κ2) is 6.58. The first kappa shape index (κ1) is 15.3. The standard InChI is InChI=1S/C15H21N3O3/c1-3-17-6-8-18(9-7-17)15(21)16-12-5-4-11(2)13(10-12)14(19)20/h4-5,10H,3,6-9H2,1-2H3,(H,16,21)(H,19,20). The molecule has 21 heavy (non-hydrogen) atoms. The summed E-state index contributed by atoms with van der Waals surface area (Å²) >= 11 is 0. The average molecular weight is 291 g/mol. The van der Waals surface area contributed by atoms with Crippen LogP contribution in [0.15, 0.2) is 18.2 Å². The van der Waals surface area contributed by atoms with E-state index in [2.05, 4.69) is 17.1 Å². The van der Waals surface area contributed by atoms with Crippen molar-refractivity contribution >= 4 is 17.7 Å². The lowest BCUT2D eigenvalue weighted by atomic mass is 10.1. The summed E-state index contributed by atoms with van der Waals surface area (Å²) in [7, 11) is 0. The fourth-order valence-electron chi connectivity index (χ4n) is 2.40. The van der Waals surface area contributed by atoms with E-state index in [-0.39, 0.29) is 11.6 Å². The number of carboxylic acid groups (broad SMARTS) is 1. The topological polar surface area (TPSA) is 72.9 Å². The van der Waals surface area contributed by atoms with Gasteiger partial charge in [-0.15, -0.1) is 0 Å². The number of benzene rings is 1. The molecule has 2 N–H and O–H groups in total. The van der Waals surface area contributed by atoms with Crippen LogP contribution in [0.2, 0.25) is 0 Å². The molecule has 0 bridgehead atoms. The summed E-state index contributed by atoms with van der Waals surface area (Å²) in [4.78, 5) is 27.3. The first-order valence-corrected chi connectivity index (χ1v) is 7.13. The van der Waals surface area contributed by atoms with Crippen molar-refractivity contribution in [3.8, 4) is 0 Å². The molecule has 6 heteroatoms. The average Bonchev–Trinajstić information content (AvgIpc) is 2.49. The third kappa shape index (κ3) is 3.72. The van der Waals surface area contributed by atoms with Gasteiger partial charge in [0, 0.05) is 31.9 Å². The molecule has 0 aromatic heterocycles. The molecule has 1 aliphatic heterocycles. The van der Waals surface area contributed by atoms with Crippen LogP contribution in [0.25, 0.3) is 0 Å². The zero-order valence-electron chi connectivity index (χ0n) is 12.4. The number of amides is 2. The molecule has 0 saturated carbocycles. The van der Waals surface area contributed by atoms with Gasteiger partial charge in [0.25, 0.3) is 0 Å². The number of piperazine rings is 1. The minimum Gasteiger partial charge on any atom is -0.478 e. The van der Waals surface area contributed by atoms with E-state index in [1.54, 1.807) is 24.0 Å². The molecule has 1 saturated heterocycles. The van der Waals surface area contributed by atoms with Crippen LogP contribution in [-0.2, 0) is 0 Å². The highest BCUT2D eigenvalue weighted by Gasteiger charge is 2.20. The SMILES string of the molecule is CCN1CCN(C(=O)Nc2ccc(C)c(C(=O)O)c2)CC1. The maximum atomic E-state index is 12.2. The smallest absolute Gasteiger partial charge is 0.336 e. The van der Waals surface area contributed by atoms with Gasteiger partial charge in [0.05, 0.1) is 5.56 Å². The number of urea groups is 1. The third-order valence-electron chi connectivity index (χ3n) is 3.83. The van der Waals surface area contributed by atoms with Crippen LogP contribution in [0.1, 0.15) is 22.8 Å². The second-order valence-electron chi connectivity index (χ2n) is 5.19. The molecular formula is C15H21N3O3. The molecular weight excluding hydrogens is 270 g/mol. The fourth-order valence-corrected chi connectivity index (χ4v) is 2.40. The minimum absolute atomic E-state index is 0.175. The Balaban J connectivity index is 2.00. The van der Waals surface area contributed by atoms with E-state index < -0.39 is 5.97 Å². The number of hydrogen-bond donors (Lipinski definition) is 2. The van der Waals surface area contributed by atoms with Crippen molar-refractivity contribution in [3.05, 3.63) is 29.3 Å². The number of likely N-dealkylation sites (N-methyl/N-ethyl adjacent to an activating group) is 1. The van der Waals surface area contributed by atoms with E-state index in [1.807, 2.05) is 0 Å². The molecule has 1 fully saturated rings. The van der Waals surface area contributed by atoms with Crippen LogP contribution in [0, 0.1) is 6.92 Å². The van der Waals surface area contributed by atoms with Crippen molar-refractivity contribution in [2.24, 2.45) is 0 Å². The number of anilines is 1. The molecule has 114 valence electrons. The van der Waals surface area contributed by atoms with Crippen LogP contribution in [-0.4, -0.2) is 59.6 Å². The van der Waals surface area contributed by atoms with Gasteiger partial charge in [-0.2, -0.15) is 0 Å². The summed E-state index contributed by atoms with van der Waals surface area (Å²) < 4.78 is 0. The molecule has 1 aromatic rings. The number of aryl methyl sites for hydroxylation is 1. The van der Waals surface area contributed by atoms with E-state index in [1.165, 1.54) is 6.07 Å². The number of carbonyl (C=O) groups is 2. The zero-order valence-corrected chi connectivity index (χ0v) is 12.4. The van der Waals surface area contributed by atoms with Crippen molar-refractivity contribution in [1.29, 1.82) is 0 Å². The Labute approximate surface area is 124 Å². The number of aromatic carboxylic acids is 1. The quantitative estimate of drug-likeness (QED) is 0.891.